The van der Waals surface area contributed by atoms with E-state index in [0.717, 1.165) is 22.2 Å². The van der Waals surface area contributed by atoms with E-state index in [-0.39, 0.29) is 23.8 Å². The third kappa shape index (κ3) is 4.11. The molecule has 10 heteroatoms. The van der Waals surface area contributed by atoms with Crippen LogP contribution in [-0.4, -0.2) is 72.3 Å². The first-order chi connectivity index (χ1) is 17.7. The highest BCUT2D eigenvalue weighted by atomic mass is 32.2. The zero-order valence-electron chi connectivity index (χ0n) is 21.3. The van der Waals surface area contributed by atoms with Gasteiger partial charge < -0.3 is 19.3 Å². The molecule has 2 aliphatic rings. The molecule has 1 atom stereocenters. The van der Waals surface area contributed by atoms with Crippen molar-refractivity contribution >= 4 is 26.8 Å². The largest absolute Gasteiger partial charge is 0.497 e. The molecule has 2 aromatic carbocycles. The Morgan fingerprint density at radius 3 is 2.54 bits per heavy atom. The Kier molecular flexibility index (Phi) is 6.54. The van der Waals surface area contributed by atoms with Crippen LogP contribution in [0.1, 0.15) is 47.4 Å². The number of halogens is 1. The van der Waals surface area contributed by atoms with Crippen molar-refractivity contribution in [3.05, 3.63) is 65.1 Å². The van der Waals surface area contributed by atoms with Gasteiger partial charge in [-0.05, 0) is 55.7 Å². The van der Waals surface area contributed by atoms with Crippen molar-refractivity contribution in [2.24, 2.45) is 7.05 Å². The van der Waals surface area contributed by atoms with Gasteiger partial charge in [0, 0.05) is 54.8 Å². The Hall–Kier alpha value is -2.95. The van der Waals surface area contributed by atoms with E-state index in [1.165, 1.54) is 22.5 Å². The number of amides is 1. The van der Waals surface area contributed by atoms with Crippen molar-refractivity contribution in [1.82, 2.24) is 13.8 Å². The van der Waals surface area contributed by atoms with E-state index in [1.54, 1.807) is 25.0 Å². The van der Waals surface area contributed by atoms with Crippen LogP contribution < -0.4 is 4.74 Å². The number of sulfonamides is 1. The number of carbonyl (C=O) groups is 1. The summed E-state index contributed by atoms with van der Waals surface area (Å²) in [6.45, 7) is 2.32. The third-order valence-electron chi connectivity index (χ3n) is 8.09. The van der Waals surface area contributed by atoms with Crippen LogP contribution in [0.15, 0.2) is 42.5 Å². The second kappa shape index (κ2) is 9.41. The molecule has 1 spiro atoms. The van der Waals surface area contributed by atoms with Gasteiger partial charge in [-0.25, -0.2) is 17.1 Å². The molecule has 1 N–H and O–H groups in total. The van der Waals surface area contributed by atoms with Gasteiger partial charge in [-0.15, -0.1) is 0 Å². The monoisotopic (exact) mass is 529 g/mol. The Morgan fingerprint density at radius 2 is 1.92 bits per heavy atom. The first-order valence-corrected chi connectivity index (χ1v) is 14.1. The number of rotatable bonds is 5. The smallest absolute Gasteiger partial charge is 0.254 e. The highest BCUT2D eigenvalue weighted by molar-refractivity contribution is 7.89. The summed E-state index contributed by atoms with van der Waals surface area (Å²) in [5, 5.41) is 11.6. The summed E-state index contributed by atoms with van der Waals surface area (Å²) in [6.07, 6.45) is 1.05. The predicted octanol–water partition coefficient (Wildman–Crippen LogP) is 3.20. The molecule has 5 rings (SSSR count). The van der Waals surface area contributed by atoms with Crippen molar-refractivity contribution in [1.29, 1.82) is 0 Å². The number of aliphatic hydroxyl groups is 1. The second-order valence-electron chi connectivity index (χ2n) is 9.92. The van der Waals surface area contributed by atoms with E-state index in [2.05, 4.69) is 0 Å². The Morgan fingerprint density at radius 1 is 1.19 bits per heavy atom. The van der Waals surface area contributed by atoms with Gasteiger partial charge in [-0.3, -0.25) is 4.79 Å². The standard InChI is InChI=1S/C27H32FN3O5S/c1-4-37(34,35)30-12-10-27(11-13-30)17-31(26(33)18-6-5-7-19(28)14-18)23(16-32)25-24(27)21-9-8-20(36-3)15-22(21)29(25)2/h5-9,14-15,23,32H,4,10-13,16-17H2,1-3H3/t23-/m1/s1. The lowest BCUT2D eigenvalue weighted by atomic mass is 9.68. The molecule has 1 fully saturated rings. The molecular formula is C27H32FN3O5S. The number of aliphatic hydroxyl groups excluding tert-OH is 1. The molecule has 1 amide bonds. The number of fused-ring (bicyclic) bond motifs is 4. The normalized spacial score (nSPS) is 19.8. The molecule has 8 nitrogen and oxygen atoms in total. The minimum Gasteiger partial charge on any atom is -0.497 e. The van der Waals surface area contributed by atoms with Crippen LogP contribution in [0.2, 0.25) is 0 Å². The SMILES string of the molecule is CCS(=O)(=O)N1CCC2(CC1)CN(C(=O)c1cccc(F)c1)[C@H](CO)c1c2c2ccc(OC)cc2n1C. The summed E-state index contributed by atoms with van der Waals surface area (Å²) >= 11 is 0. The highest BCUT2D eigenvalue weighted by Gasteiger charge is 2.50. The van der Waals surface area contributed by atoms with Gasteiger partial charge >= 0.3 is 0 Å². The van der Waals surface area contributed by atoms with E-state index in [0.29, 0.717) is 38.2 Å². The van der Waals surface area contributed by atoms with Crippen molar-refractivity contribution in [3.8, 4) is 5.75 Å². The van der Waals surface area contributed by atoms with E-state index in [9.17, 15) is 22.7 Å². The van der Waals surface area contributed by atoms with Gasteiger partial charge in [0.1, 0.15) is 11.6 Å². The summed E-state index contributed by atoms with van der Waals surface area (Å²) in [5.41, 5.74) is 2.45. The summed E-state index contributed by atoms with van der Waals surface area (Å²) in [4.78, 5) is 15.4. The van der Waals surface area contributed by atoms with Crippen LogP contribution >= 0.6 is 0 Å². The Labute approximate surface area is 216 Å². The van der Waals surface area contributed by atoms with Gasteiger partial charge in [0.25, 0.3) is 5.91 Å². The van der Waals surface area contributed by atoms with Gasteiger partial charge in [0.15, 0.2) is 0 Å². The zero-order valence-corrected chi connectivity index (χ0v) is 22.1. The molecule has 0 unspecified atom stereocenters. The van der Waals surface area contributed by atoms with Crippen molar-refractivity contribution < 1.29 is 27.4 Å². The number of hydrogen-bond acceptors (Lipinski definition) is 5. The highest BCUT2D eigenvalue weighted by Crippen LogP contribution is 2.50. The molecule has 0 aliphatic carbocycles. The molecular weight excluding hydrogens is 497 g/mol. The molecule has 0 bridgehead atoms. The van der Waals surface area contributed by atoms with E-state index in [4.69, 9.17) is 4.74 Å². The predicted molar refractivity (Wildman–Crippen MR) is 139 cm³/mol. The van der Waals surface area contributed by atoms with E-state index in [1.807, 2.05) is 29.8 Å². The fourth-order valence-corrected chi connectivity index (χ4v) is 7.25. The topological polar surface area (TPSA) is 92.1 Å². The Bertz CT molecular complexity index is 1460. The summed E-state index contributed by atoms with van der Waals surface area (Å²) < 4.78 is 48.2. The molecule has 1 saturated heterocycles. The molecule has 3 heterocycles. The van der Waals surface area contributed by atoms with E-state index < -0.39 is 27.3 Å². The molecule has 3 aromatic rings. The fraction of sp³-hybridized carbons (Fsp3) is 0.444. The zero-order chi connectivity index (χ0) is 26.5. The lowest BCUT2D eigenvalue weighted by Crippen LogP contribution is -2.56. The number of hydrogen-bond donors (Lipinski definition) is 1. The number of benzene rings is 2. The first kappa shape index (κ1) is 25.7. The minimum atomic E-state index is -3.34. The van der Waals surface area contributed by atoms with Gasteiger partial charge in [0.05, 0.1) is 31.0 Å². The van der Waals surface area contributed by atoms with Crippen molar-refractivity contribution in [2.45, 2.75) is 31.2 Å². The summed E-state index contributed by atoms with van der Waals surface area (Å²) in [5.74, 6) is -0.143. The number of methoxy groups -OCH3 is 1. The molecule has 0 saturated carbocycles. The third-order valence-corrected chi connectivity index (χ3v) is 9.97. The number of piperidine rings is 1. The number of carbonyl (C=O) groups excluding carboxylic acids is 1. The number of aryl methyl sites for hydroxylation is 1. The van der Waals surface area contributed by atoms with Crippen LogP contribution in [0, 0.1) is 5.82 Å². The average molecular weight is 530 g/mol. The van der Waals surface area contributed by atoms with Crippen molar-refractivity contribution in [2.75, 3.05) is 39.1 Å². The van der Waals surface area contributed by atoms with Crippen molar-refractivity contribution in [3.63, 3.8) is 0 Å². The lowest BCUT2D eigenvalue weighted by molar-refractivity contribution is 0.0378. The fourth-order valence-electron chi connectivity index (χ4n) is 6.14. The molecule has 0 radical (unpaired) electrons. The lowest BCUT2D eigenvalue weighted by Gasteiger charge is -2.50. The van der Waals surface area contributed by atoms with Gasteiger partial charge in [-0.1, -0.05) is 6.07 Å². The van der Waals surface area contributed by atoms with E-state index >= 15 is 0 Å². The first-order valence-electron chi connectivity index (χ1n) is 12.5. The van der Waals surface area contributed by atoms with Crippen LogP contribution in [-0.2, 0) is 22.5 Å². The maximum atomic E-state index is 14.0. The van der Waals surface area contributed by atoms with Gasteiger partial charge in [-0.2, -0.15) is 0 Å². The number of nitrogens with zero attached hydrogens (tertiary/aromatic N) is 3. The summed E-state index contributed by atoms with van der Waals surface area (Å²) in [6, 6.07) is 10.8. The quantitative estimate of drug-likeness (QED) is 0.548. The molecule has 198 valence electrons. The molecule has 37 heavy (non-hydrogen) atoms. The Balaban J connectivity index is 1.68. The number of ether oxygens (including phenoxy) is 1. The molecule has 1 aromatic heterocycles. The maximum Gasteiger partial charge on any atom is 0.254 e. The second-order valence-corrected chi connectivity index (χ2v) is 12.2. The number of aromatic nitrogens is 1. The maximum absolute atomic E-state index is 14.0. The van der Waals surface area contributed by atoms with Crippen LogP contribution in [0.4, 0.5) is 4.39 Å². The average Bonchev–Trinajstić information content (AvgIpc) is 3.21. The van der Waals surface area contributed by atoms with Crippen LogP contribution in [0.25, 0.3) is 10.9 Å². The molecule has 2 aliphatic heterocycles. The van der Waals surface area contributed by atoms with Crippen LogP contribution in [0.3, 0.4) is 0 Å². The minimum absolute atomic E-state index is 0.0378. The summed E-state index contributed by atoms with van der Waals surface area (Å²) in [7, 11) is 0.165. The van der Waals surface area contributed by atoms with Crippen LogP contribution in [0.5, 0.6) is 5.75 Å². The van der Waals surface area contributed by atoms with Gasteiger partial charge in [0.2, 0.25) is 10.0 Å².